The molecule has 3 nitrogen and oxygen atoms in total. The molecular weight excluding hydrogens is 234 g/mol. The number of rotatable bonds is 4. The predicted octanol–water partition coefficient (Wildman–Crippen LogP) is 3.12. The van der Waals surface area contributed by atoms with Gasteiger partial charge in [-0.25, -0.2) is 4.98 Å². The Morgan fingerprint density at radius 3 is 3.16 bits per heavy atom. The molecule has 2 heterocycles. The monoisotopic (exact) mass is 255 g/mol. The summed E-state index contributed by atoms with van der Waals surface area (Å²) in [5.41, 5.74) is 2.30. The van der Waals surface area contributed by atoms with Crippen LogP contribution in [0.2, 0.25) is 0 Å². The van der Waals surface area contributed by atoms with Crippen molar-refractivity contribution in [1.82, 2.24) is 14.3 Å². The Balaban J connectivity index is 1.65. The maximum absolute atomic E-state index is 4.44. The molecule has 0 radical (unpaired) electrons. The molecule has 0 spiro atoms. The fraction of sp³-hybridized carbons (Fsp3) is 0.438. The van der Waals surface area contributed by atoms with Gasteiger partial charge in [0.15, 0.2) is 0 Å². The van der Waals surface area contributed by atoms with Gasteiger partial charge in [0.1, 0.15) is 5.65 Å². The highest BCUT2D eigenvalue weighted by molar-refractivity contribution is 5.39. The molecule has 0 saturated carbocycles. The maximum atomic E-state index is 4.44. The van der Waals surface area contributed by atoms with Crippen LogP contribution in [0.4, 0.5) is 0 Å². The van der Waals surface area contributed by atoms with Crippen molar-refractivity contribution in [3.05, 3.63) is 48.4 Å². The van der Waals surface area contributed by atoms with Crippen LogP contribution in [0.3, 0.4) is 0 Å². The third-order valence-electron chi connectivity index (χ3n) is 3.87. The van der Waals surface area contributed by atoms with E-state index in [1.807, 2.05) is 12.3 Å². The van der Waals surface area contributed by atoms with E-state index in [1.165, 1.54) is 31.5 Å². The smallest absolute Gasteiger partial charge is 0.136 e. The first-order valence-electron chi connectivity index (χ1n) is 7.07. The molecule has 1 aliphatic carbocycles. The number of imidazole rings is 1. The molecule has 0 N–H and O–H groups in total. The van der Waals surface area contributed by atoms with E-state index >= 15 is 0 Å². The van der Waals surface area contributed by atoms with Crippen LogP contribution in [-0.4, -0.2) is 27.9 Å². The number of allylic oxidation sites excluding steroid dienone is 2. The molecule has 0 saturated heterocycles. The minimum Gasteiger partial charge on any atom is -0.303 e. The van der Waals surface area contributed by atoms with Crippen molar-refractivity contribution in [3.8, 4) is 0 Å². The van der Waals surface area contributed by atoms with E-state index in [9.17, 15) is 0 Å². The number of hydrogen-bond acceptors (Lipinski definition) is 2. The zero-order valence-electron chi connectivity index (χ0n) is 11.5. The van der Waals surface area contributed by atoms with Crippen molar-refractivity contribution in [2.75, 3.05) is 13.6 Å². The number of pyridine rings is 1. The molecule has 0 bridgehead atoms. The zero-order valence-corrected chi connectivity index (χ0v) is 11.5. The first-order valence-corrected chi connectivity index (χ1v) is 7.07. The summed E-state index contributed by atoms with van der Waals surface area (Å²) < 4.78 is 2.18. The predicted molar refractivity (Wildman–Crippen MR) is 78.0 cm³/mol. The standard InChI is InChI=1S/C16H21N3/c1-18(12-14-7-3-2-4-8-14)13-15-11-17-16-9-5-6-10-19(15)16/h2-3,5-6,9-11,14H,4,7-8,12-13H2,1H3/t14-/m0/s1. The molecule has 1 atom stereocenters. The van der Waals surface area contributed by atoms with Crippen molar-refractivity contribution in [2.24, 2.45) is 5.92 Å². The quantitative estimate of drug-likeness (QED) is 0.782. The van der Waals surface area contributed by atoms with Crippen LogP contribution in [0.25, 0.3) is 5.65 Å². The first kappa shape index (κ1) is 12.4. The molecule has 0 unspecified atom stereocenters. The summed E-state index contributed by atoms with van der Waals surface area (Å²) in [6.45, 7) is 2.13. The van der Waals surface area contributed by atoms with Crippen LogP contribution in [0.1, 0.15) is 25.0 Å². The largest absolute Gasteiger partial charge is 0.303 e. The van der Waals surface area contributed by atoms with Crippen LogP contribution in [-0.2, 0) is 6.54 Å². The van der Waals surface area contributed by atoms with Gasteiger partial charge in [-0.3, -0.25) is 0 Å². The lowest BCUT2D eigenvalue weighted by Crippen LogP contribution is -2.26. The summed E-state index contributed by atoms with van der Waals surface area (Å²) in [4.78, 5) is 6.86. The Morgan fingerprint density at radius 1 is 1.37 bits per heavy atom. The van der Waals surface area contributed by atoms with Crippen LogP contribution in [0.5, 0.6) is 0 Å². The molecule has 0 fully saturated rings. The number of hydrogen-bond donors (Lipinski definition) is 0. The third kappa shape index (κ3) is 2.87. The highest BCUT2D eigenvalue weighted by Crippen LogP contribution is 2.19. The lowest BCUT2D eigenvalue weighted by molar-refractivity contribution is 0.255. The molecular formula is C16H21N3. The number of nitrogens with zero attached hydrogens (tertiary/aromatic N) is 3. The fourth-order valence-corrected chi connectivity index (χ4v) is 2.91. The molecule has 3 heteroatoms. The van der Waals surface area contributed by atoms with E-state index in [2.05, 4.69) is 51.8 Å². The fourth-order valence-electron chi connectivity index (χ4n) is 2.91. The highest BCUT2D eigenvalue weighted by atomic mass is 15.1. The van der Waals surface area contributed by atoms with Crippen LogP contribution >= 0.6 is 0 Å². The Morgan fingerprint density at radius 2 is 2.32 bits per heavy atom. The van der Waals surface area contributed by atoms with Gasteiger partial charge in [0.05, 0.1) is 11.9 Å². The number of aromatic nitrogens is 2. The minimum absolute atomic E-state index is 0.814. The lowest BCUT2D eigenvalue weighted by atomic mass is 9.94. The van der Waals surface area contributed by atoms with Crippen molar-refractivity contribution < 1.29 is 0 Å². The highest BCUT2D eigenvalue weighted by Gasteiger charge is 2.13. The van der Waals surface area contributed by atoms with Crippen LogP contribution in [0, 0.1) is 5.92 Å². The zero-order chi connectivity index (χ0) is 13.1. The molecule has 19 heavy (non-hydrogen) atoms. The van der Waals surface area contributed by atoms with Gasteiger partial charge in [-0.15, -0.1) is 0 Å². The average Bonchev–Trinajstić information content (AvgIpc) is 2.83. The van der Waals surface area contributed by atoms with E-state index in [0.717, 1.165) is 18.1 Å². The molecule has 0 amide bonds. The van der Waals surface area contributed by atoms with E-state index in [-0.39, 0.29) is 0 Å². The van der Waals surface area contributed by atoms with Crippen LogP contribution < -0.4 is 0 Å². The second kappa shape index (κ2) is 5.57. The second-order valence-corrected chi connectivity index (χ2v) is 5.53. The van der Waals surface area contributed by atoms with Gasteiger partial charge in [0.25, 0.3) is 0 Å². The molecule has 2 aromatic heterocycles. The summed E-state index contributed by atoms with van der Waals surface area (Å²) in [5.74, 6) is 0.814. The van der Waals surface area contributed by atoms with Gasteiger partial charge in [-0.05, 0) is 44.4 Å². The van der Waals surface area contributed by atoms with Gasteiger partial charge in [-0.1, -0.05) is 18.2 Å². The van der Waals surface area contributed by atoms with Gasteiger partial charge in [0.2, 0.25) is 0 Å². The SMILES string of the molecule is CN(Cc1cnc2ccccn12)C[C@H]1CC=CCC1. The molecule has 100 valence electrons. The van der Waals surface area contributed by atoms with Crippen molar-refractivity contribution in [2.45, 2.75) is 25.8 Å². The average molecular weight is 255 g/mol. The van der Waals surface area contributed by atoms with Gasteiger partial charge in [0, 0.05) is 19.3 Å². The Labute approximate surface area is 114 Å². The second-order valence-electron chi connectivity index (χ2n) is 5.53. The van der Waals surface area contributed by atoms with Crippen molar-refractivity contribution >= 4 is 5.65 Å². The summed E-state index contributed by atoms with van der Waals surface area (Å²) >= 11 is 0. The summed E-state index contributed by atoms with van der Waals surface area (Å²) in [5, 5.41) is 0. The molecule has 0 aromatic carbocycles. The first-order chi connectivity index (χ1) is 9.33. The maximum Gasteiger partial charge on any atom is 0.136 e. The molecule has 3 rings (SSSR count). The van der Waals surface area contributed by atoms with E-state index in [4.69, 9.17) is 0 Å². The van der Waals surface area contributed by atoms with Gasteiger partial charge >= 0.3 is 0 Å². The topological polar surface area (TPSA) is 20.5 Å². The Kier molecular flexibility index (Phi) is 3.65. The van der Waals surface area contributed by atoms with Gasteiger partial charge < -0.3 is 9.30 Å². The summed E-state index contributed by atoms with van der Waals surface area (Å²) in [6, 6.07) is 6.14. The number of fused-ring (bicyclic) bond motifs is 1. The van der Waals surface area contributed by atoms with Crippen molar-refractivity contribution in [3.63, 3.8) is 0 Å². The van der Waals surface area contributed by atoms with E-state index < -0.39 is 0 Å². The van der Waals surface area contributed by atoms with Crippen LogP contribution in [0.15, 0.2) is 42.7 Å². The minimum atomic E-state index is 0.814. The molecule has 0 aliphatic heterocycles. The molecule has 2 aromatic rings. The summed E-state index contributed by atoms with van der Waals surface area (Å²) in [7, 11) is 2.21. The van der Waals surface area contributed by atoms with Gasteiger partial charge in [-0.2, -0.15) is 0 Å². The lowest BCUT2D eigenvalue weighted by Gasteiger charge is -2.24. The van der Waals surface area contributed by atoms with E-state index in [1.54, 1.807) is 0 Å². The third-order valence-corrected chi connectivity index (χ3v) is 3.87. The molecule has 1 aliphatic rings. The summed E-state index contributed by atoms with van der Waals surface area (Å²) in [6.07, 6.45) is 12.5. The van der Waals surface area contributed by atoms with E-state index in [0.29, 0.717) is 0 Å². The Hall–Kier alpha value is -1.61. The van der Waals surface area contributed by atoms with Crippen molar-refractivity contribution in [1.29, 1.82) is 0 Å². The normalized spacial score (nSPS) is 19.4. The Bertz CT molecular complexity index is 570.